The third-order valence-corrected chi connectivity index (χ3v) is 6.88. The Bertz CT molecular complexity index is 1060. The lowest BCUT2D eigenvalue weighted by molar-refractivity contribution is -0.0498. The van der Waals surface area contributed by atoms with Gasteiger partial charge in [0.25, 0.3) is 0 Å². The van der Waals surface area contributed by atoms with Crippen LogP contribution in [-0.4, -0.2) is 48.6 Å². The minimum atomic E-state index is -2.86. The van der Waals surface area contributed by atoms with Crippen LogP contribution in [0.2, 0.25) is 0 Å². The molecule has 2 aromatic carbocycles. The van der Waals surface area contributed by atoms with Gasteiger partial charge in [-0.05, 0) is 72.5 Å². The highest BCUT2D eigenvalue weighted by molar-refractivity contribution is 7.90. The van der Waals surface area contributed by atoms with Gasteiger partial charge in [-0.25, -0.2) is 0 Å². The molecule has 1 aliphatic rings. The molecule has 1 atom stereocenters. The van der Waals surface area contributed by atoms with Crippen LogP contribution in [0.1, 0.15) is 12.8 Å². The number of piperidine rings is 1. The summed E-state index contributed by atoms with van der Waals surface area (Å²) in [7, 11) is 1.62. The van der Waals surface area contributed by atoms with Gasteiger partial charge >= 0.3 is 6.61 Å². The zero-order valence-electron chi connectivity index (χ0n) is 19.1. The van der Waals surface area contributed by atoms with Crippen molar-refractivity contribution in [2.24, 2.45) is 0 Å². The maximum Gasteiger partial charge on any atom is 0.387 e. The summed E-state index contributed by atoms with van der Waals surface area (Å²) in [6.07, 6.45) is 6.85. The molecule has 34 heavy (non-hydrogen) atoms. The van der Waals surface area contributed by atoms with Crippen LogP contribution in [0.4, 0.5) is 25.8 Å². The molecule has 2 heterocycles. The van der Waals surface area contributed by atoms with Crippen molar-refractivity contribution in [3.8, 4) is 11.5 Å². The van der Waals surface area contributed by atoms with Gasteiger partial charge in [0.15, 0.2) is 4.90 Å². The van der Waals surface area contributed by atoms with Gasteiger partial charge < -0.3 is 23.8 Å². The van der Waals surface area contributed by atoms with Gasteiger partial charge in [-0.2, -0.15) is 8.78 Å². The largest absolute Gasteiger partial charge is 0.612 e. The van der Waals surface area contributed by atoms with E-state index in [-0.39, 0.29) is 11.8 Å². The number of anilines is 3. The molecule has 0 N–H and O–H groups in total. The summed E-state index contributed by atoms with van der Waals surface area (Å²) in [5.74, 6) is 0.802. The molecule has 0 amide bonds. The van der Waals surface area contributed by atoms with Gasteiger partial charge in [-0.3, -0.25) is 4.98 Å². The maximum atomic E-state index is 12.6. The normalized spacial score (nSPS) is 15.3. The van der Waals surface area contributed by atoms with Gasteiger partial charge in [-0.1, -0.05) is 0 Å². The van der Waals surface area contributed by atoms with Crippen molar-refractivity contribution in [3.05, 3.63) is 67.0 Å². The number of methoxy groups -OCH3 is 1. The van der Waals surface area contributed by atoms with E-state index in [2.05, 4.69) is 19.5 Å². The predicted octanol–water partition coefficient (Wildman–Crippen LogP) is 5.24. The van der Waals surface area contributed by atoms with Gasteiger partial charge in [0.2, 0.25) is 0 Å². The van der Waals surface area contributed by atoms with E-state index in [9.17, 15) is 13.3 Å². The van der Waals surface area contributed by atoms with Crippen LogP contribution in [0.25, 0.3) is 0 Å². The van der Waals surface area contributed by atoms with Crippen molar-refractivity contribution < 1.29 is 22.8 Å². The van der Waals surface area contributed by atoms with Crippen molar-refractivity contribution in [1.82, 2.24) is 4.98 Å². The molecule has 1 saturated heterocycles. The molecule has 4 rings (SSSR count). The Morgan fingerprint density at radius 2 is 1.74 bits per heavy atom. The van der Waals surface area contributed by atoms with Crippen LogP contribution in [0, 0.1) is 0 Å². The molecule has 1 aromatic heterocycles. The van der Waals surface area contributed by atoms with Crippen LogP contribution in [-0.2, 0) is 11.2 Å². The van der Waals surface area contributed by atoms with E-state index in [4.69, 9.17) is 4.74 Å². The van der Waals surface area contributed by atoms with Crippen LogP contribution < -0.4 is 19.3 Å². The van der Waals surface area contributed by atoms with Crippen molar-refractivity contribution in [1.29, 1.82) is 0 Å². The molecule has 6 nitrogen and oxygen atoms in total. The molecule has 0 spiro atoms. The standard InChI is InChI=1S/C25H27F2N3O3S/c1-32-24-11-14-28-17-23(24)30(19-3-7-21(8-4-19)33-25(26)27)20-12-15-29(16-13-20)18-5-9-22(10-6-18)34(2)31/h3-11,14,17,20,25H,12-13,15-16H2,1-2H3. The predicted molar refractivity (Wildman–Crippen MR) is 130 cm³/mol. The number of nitrogens with zero attached hydrogens (tertiary/aromatic N) is 3. The first-order valence-electron chi connectivity index (χ1n) is 11.0. The maximum absolute atomic E-state index is 12.6. The smallest absolute Gasteiger partial charge is 0.387 e. The molecule has 0 radical (unpaired) electrons. The number of alkyl halides is 2. The Morgan fingerprint density at radius 1 is 1.06 bits per heavy atom. The van der Waals surface area contributed by atoms with E-state index in [0.717, 1.165) is 47.9 Å². The molecule has 0 bridgehead atoms. The topological polar surface area (TPSA) is 60.9 Å². The van der Waals surface area contributed by atoms with Crippen LogP contribution >= 0.6 is 0 Å². The highest BCUT2D eigenvalue weighted by Gasteiger charge is 2.28. The lowest BCUT2D eigenvalue weighted by Crippen LogP contribution is -2.43. The summed E-state index contributed by atoms with van der Waals surface area (Å²) < 4.78 is 47.0. The van der Waals surface area contributed by atoms with E-state index in [0.29, 0.717) is 5.75 Å². The fourth-order valence-corrected chi connectivity index (χ4v) is 4.81. The third kappa shape index (κ3) is 5.53. The second-order valence-electron chi connectivity index (χ2n) is 7.96. The molecular formula is C25H27F2N3O3S. The Kier molecular flexibility index (Phi) is 7.74. The summed E-state index contributed by atoms with van der Waals surface area (Å²) in [6.45, 7) is -1.19. The number of aromatic nitrogens is 1. The van der Waals surface area contributed by atoms with Gasteiger partial charge in [0, 0.05) is 42.8 Å². The fraction of sp³-hybridized carbons (Fsp3) is 0.320. The molecule has 180 valence electrons. The highest BCUT2D eigenvalue weighted by Crippen LogP contribution is 2.38. The summed E-state index contributed by atoms with van der Waals surface area (Å²) in [6, 6.07) is 16.5. The summed E-state index contributed by atoms with van der Waals surface area (Å²) in [5.41, 5.74) is 2.77. The second kappa shape index (κ2) is 10.9. The summed E-state index contributed by atoms with van der Waals surface area (Å²) >= 11 is -0.998. The third-order valence-electron chi connectivity index (χ3n) is 5.94. The number of pyridine rings is 1. The molecule has 0 saturated carbocycles. The first-order valence-corrected chi connectivity index (χ1v) is 12.5. The number of rotatable bonds is 8. The van der Waals surface area contributed by atoms with Gasteiger partial charge in [0.05, 0.1) is 13.3 Å². The average Bonchev–Trinajstić information content (AvgIpc) is 2.86. The summed E-state index contributed by atoms with van der Waals surface area (Å²) in [4.78, 5) is 9.59. The fourth-order valence-electron chi connectivity index (χ4n) is 4.29. The molecule has 1 aliphatic heterocycles. The van der Waals surface area contributed by atoms with E-state index >= 15 is 0 Å². The van der Waals surface area contributed by atoms with Crippen molar-refractivity contribution in [2.45, 2.75) is 30.4 Å². The Hall–Kier alpha value is -3.04. The SMILES string of the molecule is COc1ccncc1N(c1ccc(OC(F)F)cc1)C1CCN(c2ccc([S+](C)[O-])cc2)CC1. The van der Waals surface area contributed by atoms with Crippen molar-refractivity contribution in [3.63, 3.8) is 0 Å². The van der Waals surface area contributed by atoms with Crippen molar-refractivity contribution >= 4 is 28.2 Å². The molecule has 3 aromatic rings. The van der Waals surface area contributed by atoms with Gasteiger partial charge in [0.1, 0.15) is 23.4 Å². The van der Waals surface area contributed by atoms with Crippen LogP contribution in [0.3, 0.4) is 0 Å². The number of benzene rings is 2. The van der Waals surface area contributed by atoms with Gasteiger partial charge in [-0.15, -0.1) is 0 Å². The Morgan fingerprint density at radius 3 is 2.32 bits per heavy atom. The Balaban J connectivity index is 1.56. The summed E-state index contributed by atoms with van der Waals surface area (Å²) in [5, 5.41) is 0. The minimum Gasteiger partial charge on any atom is -0.612 e. The first-order chi connectivity index (χ1) is 16.5. The monoisotopic (exact) mass is 487 g/mol. The van der Waals surface area contributed by atoms with E-state index in [1.54, 1.807) is 50.0 Å². The Labute approximate surface area is 201 Å². The molecule has 9 heteroatoms. The number of halogens is 2. The number of hydrogen-bond donors (Lipinski definition) is 0. The highest BCUT2D eigenvalue weighted by atomic mass is 32.2. The second-order valence-corrected chi connectivity index (χ2v) is 9.34. The zero-order valence-corrected chi connectivity index (χ0v) is 19.9. The molecule has 1 unspecified atom stereocenters. The number of hydrogen-bond acceptors (Lipinski definition) is 6. The number of ether oxygens (including phenoxy) is 2. The first kappa shape index (κ1) is 24.1. The zero-order chi connectivity index (χ0) is 24.1. The minimum absolute atomic E-state index is 0.114. The molecule has 0 aliphatic carbocycles. The average molecular weight is 488 g/mol. The lowest BCUT2D eigenvalue weighted by Gasteiger charge is -2.41. The van der Waals surface area contributed by atoms with E-state index < -0.39 is 17.8 Å². The van der Waals surface area contributed by atoms with Crippen LogP contribution in [0.15, 0.2) is 71.9 Å². The van der Waals surface area contributed by atoms with Crippen molar-refractivity contribution in [2.75, 3.05) is 36.3 Å². The lowest BCUT2D eigenvalue weighted by atomic mass is 10.0. The quantitative estimate of drug-likeness (QED) is 0.405. The molecule has 1 fully saturated rings. The van der Waals surface area contributed by atoms with Crippen LogP contribution in [0.5, 0.6) is 11.5 Å². The molecular weight excluding hydrogens is 460 g/mol. The van der Waals surface area contributed by atoms with E-state index in [1.165, 1.54) is 0 Å². The van der Waals surface area contributed by atoms with E-state index in [1.807, 2.05) is 30.3 Å².